The number of alkyl halides is 3. The number of fused-ring (bicyclic) bond motifs is 3. The van der Waals surface area contributed by atoms with Gasteiger partial charge >= 0.3 is 0 Å². The standard InChI is InChI=1S/C11H10ClN.C10H8BrN.C10H8ClN/c1-8(12)10-7-6-9-4-2-3-5-11(9)13-10;2*11-7-9-6-5-8-3-1-2-4-10(8)12-9/h2-8H,1H3;2*1-6H,7H2. The fraction of sp³-hybridized carbons (Fsp3) is 0.129. The van der Waals surface area contributed by atoms with Crippen LogP contribution in [0.2, 0.25) is 0 Å². The lowest BCUT2D eigenvalue weighted by Crippen LogP contribution is -1.89. The van der Waals surface area contributed by atoms with Gasteiger partial charge in [-0.15, -0.1) is 23.2 Å². The van der Waals surface area contributed by atoms with Gasteiger partial charge in [0.25, 0.3) is 0 Å². The number of benzene rings is 3. The SMILES string of the molecule is BrCc1ccc2ccccc2n1.CC(Cl)c1ccc2ccccc2n1.ClCc1ccc2ccccc2n1. The van der Waals surface area contributed by atoms with E-state index in [9.17, 15) is 0 Å². The maximum Gasteiger partial charge on any atom is 0.0729 e. The number of hydrogen-bond donors (Lipinski definition) is 0. The van der Waals surface area contributed by atoms with Crippen molar-refractivity contribution in [2.45, 2.75) is 23.5 Å². The van der Waals surface area contributed by atoms with Gasteiger partial charge in [0.2, 0.25) is 0 Å². The van der Waals surface area contributed by atoms with Gasteiger partial charge in [0.05, 0.1) is 44.9 Å². The van der Waals surface area contributed by atoms with Crippen LogP contribution < -0.4 is 0 Å². The van der Waals surface area contributed by atoms with Gasteiger partial charge in [0.1, 0.15) is 0 Å². The fourth-order valence-electron chi connectivity index (χ4n) is 3.67. The van der Waals surface area contributed by atoms with Crippen LogP contribution in [0, 0.1) is 0 Å². The van der Waals surface area contributed by atoms with Gasteiger partial charge in [-0.1, -0.05) is 88.7 Å². The second-order valence-electron chi connectivity index (χ2n) is 8.30. The van der Waals surface area contributed by atoms with Gasteiger partial charge in [0.15, 0.2) is 0 Å². The van der Waals surface area contributed by atoms with Crippen molar-refractivity contribution < 1.29 is 0 Å². The van der Waals surface area contributed by atoms with Gasteiger partial charge in [-0.3, -0.25) is 15.0 Å². The molecule has 3 nitrogen and oxygen atoms in total. The van der Waals surface area contributed by atoms with E-state index in [1.54, 1.807) is 0 Å². The van der Waals surface area contributed by atoms with Crippen molar-refractivity contribution in [2.75, 3.05) is 0 Å². The number of aromatic nitrogens is 3. The van der Waals surface area contributed by atoms with Gasteiger partial charge in [-0.25, -0.2) is 0 Å². The number of nitrogens with zero attached hydrogens (tertiary/aromatic N) is 3. The summed E-state index contributed by atoms with van der Waals surface area (Å²) in [7, 11) is 0. The topological polar surface area (TPSA) is 38.7 Å². The molecule has 0 aliphatic carbocycles. The molecule has 6 aromatic rings. The largest absolute Gasteiger partial charge is 0.252 e. The molecule has 3 aromatic carbocycles. The normalized spacial score (nSPS) is 11.4. The number of rotatable bonds is 3. The first-order valence-corrected chi connectivity index (χ1v) is 14.0. The molecule has 0 amide bonds. The van der Waals surface area contributed by atoms with Gasteiger partial charge in [-0.2, -0.15) is 0 Å². The minimum absolute atomic E-state index is 0.0235. The molecule has 3 heterocycles. The molecule has 0 fully saturated rings. The Hall–Kier alpha value is -3.05. The average molecular weight is 591 g/mol. The summed E-state index contributed by atoms with van der Waals surface area (Å²) in [6.07, 6.45) is 0. The molecule has 1 atom stereocenters. The van der Waals surface area contributed by atoms with Crippen LogP contribution in [0.1, 0.15) is 29.4 Å². The molecular weight excluding hydrogens is 565 g/mol. The van der Waals surface area contributed by atoms with E-state index in [-0.39, 0.29) is 5.38 Å². The second-order valence-corrected chi connectivity index (χ2v) is 9.79. The van der Waals surface area contributed by atoms with Crippen LogP contribution in [0.25, 0.3) is 32.7 Å². The zero-order valence-electron chi connectivity index (χ0n) is 20.4. The molecule has 186 valence electrons. The predicted octanol–water partition coefficient (Wildman–Crippen LogP) is 9.64. The summed E-state index contributed by atoms with van der Waals surface area (Å²) >= 11 is 15.0. The maximum atomic E-state index is 5.94. The monoisotopic (exact) mass is 589 g/mol. The highest BCUT2D eigenvalue weighted by Crippen LogP contribution is 2.20. The summed E-state index contributed by atoms with van der Waals surface area (Å²) in [6, 6.07) is 36.3. The molecule has 0 saturated heterocycles. The zero-order valence-corrected chi connectivity index (χ0v) is 23.5. The van der Waals surface area contributed by atoms with Gasteiger partial charge in [0, 0.05) is 21.5 Å². The first-order valence-electron chi connectivity index (χ1n) is 11.9. The van der Waals surface area contributed by atoms with Crippen LogP contribution in [0.4, 0.5) is 0 Å². The Kier molecular flexibility index (Phi) is 9.84. The molecule has 6 rings (SSSR count). The van der Waals surface area contributed by atoms with E-state index >= 15 is 0 Å². The molecule has 6 heteroatoms. The smallest absolute Gasteiger partial charge is 0.0729 e. The van der Waals surface area contributed by atoms with Crippen molar-refractivity contribution in [1.82, 2.24) is 15.0 Å². The van der Waals surface area contributed by atoms with Crippen molar-refractivity contribution in [3.63, 3.8) is 0 Å². The van der Waals surface area contributed by atoms with Crippen molar-refractivity contribution in [3.05, 3.63) is 126 Å². The van der Waals surface area contributed by atoms with Crippen LogP contribution >= 0.6 is 39.1 Å². The first kappa shape index (κ1) is 27.0. The molecule has 0 spiro atoms. The summed E-state index contributed by atoms with van der Waals surface area (Å²) in [5, 5.41) is 4.31. The third-order valence-electron chi connectivity index (χ3n) is 5.61. The lowest BCUT2D eigenvalue weighted by Gasteiger charge is -2.03. The third-order valence-corrected chi connectivity index (χ3v) is 6.69. The van der Waals surface area contributed by atoms with E-state index in [1.165, 1.54) is 5.39 Å². The zero-order chi connectivity index (χ0) is 26.0. The molecule has 3 aromatic heterocycles. The van der Waals surface area contributed by atoms with E-state index in [2.05, 4.69) is 49.1 Å². The molecule has 0 N–H and O–H groups in total. The Morgan fingerprint density at radius 2 is 1.03 bits per heavy atom. The van der Waals surface area contributed by atoms with Crippen molar-refractivity contribution in [3.8, 4) is 0 Å². The van der Waals surface area contributed by atoms with E-state index in [4.69, 9.17) is 23.2 Å². The summed E-state index contributed by atoms with van der Waals surface area (Å²) in [5.41, 5.74) is 6.02. The molecule has 1 unspecified atom stereocenters. The quantitative estimate of drug-likeness (QED) is 0.193. The Labute approximate surface area is 235 Å². The molecule has 0 bridgehead atoms. The highest BCUT2D eigenvalue weighted by Gasteiger charge is 2.02. The van der Waals surface area contributed by atoms with Crippen molar-refractivity contribution in [2.24, 2.45) is 0 Å². The second kappa shape index (κ2) is 13.5. The summed E-state index contributed by atoms with van der Waals surface area (Å²) in [5.74, 6) is 0.477. The predicted molar refractivity (Wildman–Crippen MR) is 162 cm³/mol. The van der Waals surface area contributed by atoms with Gasteiger partial charge in [-0.05, 0) is 43.3 Å². The van der Waals surface area contributed by atoms with Crippen LogP contribution in [0.5, 0.6) is 0 Å². The first-order chi connectivity index (χ1) is 18.1. The average Bonchev–Trinajstić information content (AvgIpc) is 2.97. The Balaban J connectivity index is 0.000000130. The lowest BCUT2D eigenvalue weighted by atomic mass is 10.2. The third kappa shape index (κ3) is 7.48. The number of halogens is 3. The summed E-state index contributed by atoms with van der Waals surface area (Å²) in [4.78, 5) is 13.3. The molecule has 37 heavy (non-hydrogen) atoms. The van der Waals surface area contributed by atoms with Gasteiger partial charge < -0.3 is 0 Å². The number of pyridine rings is 3. The van der Waals surface area contributed by atoms with Crippen molar-refractivity contribution in [1.29, 1.82) is 0 Å². The van der Waals surface area contributed by atoms with Crippen molar-refractivity contribution >= 4 is 71.8 Å². The molecular formula is C31H26BrCl2N3. The van der Waals surface area contributed by atoms with E-state index in [0.717, 1.165) is 49.7 Å². The van der Waals surface area contributed by atoms with Crippen LogP contribution in [0.15, 0.2) is 109 Å². The Morgan fingerprint density at radius 3 is 1.51 bits per heavy atom. The van der Waals surface area contributed by atoms with E-state index in [1.807, 2.05) is 97.9 Å². The Morgan fingerprint density at radius 1 is 0.595 bits per heavy atom. The number of para-hydroxylation sites is 3. The van der Waals surface area contributed by atoms with E-state index in [0.29, 0.717) is 5.88 Å². The highest BCUT2D eigenvalue weighted by atomic mass is 79.9. The molecule has 0 radical (unpaired) electrons. The number of hydrogen-bond acceptors (Lipinski definition) is 3. The Bertz CT molecular complexity index is 1530. The summed E-state index contributed by atoms with van der Waals surface area (Å²) in [6.45, 7) is 1.93. The van der Waals surface area contributed by atoms with Crippen LogP contribution in [-0.2, 0) is 11.2 Å². The molecule has 0 saturated carbocycles. The van der Waals surface area contributed by atoms with E-state index < -0.39 is 0 Å². The minimum Gasteiger partial charge on any atom is -0.252 e. The molecule has 0 aliphatic rings. The fourth-order valence-corrected chi connectivity index (χ4v) is 4.25. The van der Waals surface area contributed by atoms with Crippen LogP contribution in [0.3, 0.4) is 0 Å². The maximum absolute atomic E-state index is 5.94. The summed E-state index contributed by atoms with van der Waals surface area (Å²) < 4.78 is 0. The molecule has 0 aliphatic heterocycles. The minimum atomic E-state index is -0.0235. The lowest BCUT2D eigenvalue weighted by molar-refractivity contribution is 1.01. The highest BCUT2D eigenvalue weighted by molar-refractivity contribution is 9.08. The van der Waals surface area contributed by atoms with Crippen LogP contribution in [-0.4, -0.2) is 15.0 Å².